The molecule has 0 bridgehead atoms. The maximum atomic E-state index is 12.7. The van der Waals surface area contributed by atoms with Gasteiger partial charge in [0.25, 0.3) is 0 Å². The highest BCUT2D eigenvalue weighted by molar-refractivity contribution is 7.89. The minimum Gasteiger partial charge on any atom is -0.381 e. The zero-order valence-electron chi connectivity index (χ0n) is 11.8. The molecule has 1 heterocycles. The summed E-state index contributed by atoms with van der Waals surface area (Å²) in [6, 6.07) is 5.14. The van der Waals surface area contributed by atoms with Gasteiger partial charge in [0.15, 0.2) is 0 Å². The van der Waals surface area contributed by atoms with E-state index in [1.165, 1.54) is 4.31 Å². The van der Waals surface area contributed by atoms with Crippen molar-refractivity contribution in [1.29, 1.82) is 0 Å². The molecule has 6 heteroatoms. The maximum absolute atomic E-state index is 12.7. The molecule has 4 nitrogen and oxygen atoms in total. The van der Waals surface area contributed by atoms with Crippen LogP contribution in [-0.2, 0) is 20.6 Å². The molecule has 112 valence electrons. The summed E-state index contributed by atoms with van der Waals surface area (Å²) < 4.78 is 32.1. The van der Waals surface area contributed by atoms with E-state index in [9.17, 15) is 8.42 Å². The molecule has 1 aliphatic heterocycles. The molecule has 1 aromatic carbocycles. The summed E-state index contributed by atoms with van der Waals surface area (Å²) in [7, 11) is -1.82. The molecule has 1 fully saturated rings. The highest BCUT2D eigenvalue weighted by Gasteiger charge is 2.29. The van der Waals surface area contributed by atoms with Crippen LogP contribution in [0, 0.1) is 6.92 Å². The van der Waals surface area contributed by atoms with Gasteiger partial charge in [-0.1, -0.05) is 6.07 Å². The fraction of sp³-hybridized carbons (Fsp3) is 0.571. The largest absolute Gasteiger partial charge is 0.381 e. The Morgan fingerprint density at radius 1 is 1.35 bits per heavy atom. The first kappa shape index (κ1) is 15.8. The number of benzene rings is 1. The lowest BCUT2D eigenvalue weighted by Gasteiger charge is -2.30. The summed E-state index contributed by atoms with van der Waals surface area (Å²) in [4.78, 5) is 0.313. The molecule has 0 aliphatic carbocycles. The van der Waals surface area contributed by atoms with Crippen LogP contribution in [0.3, 0.4) is 0 Å². The number of ether oxygens (including phenoxy) is 1. The molecule has 0 radical (unpaired) electrons. The van der Waals surface area contributed by atoms with Gasteiger partial charge in [0.2, 0.25) is 10.0 Å². The summed E-state index contributed by atoms with van der Waals surface area (Å²) in [5.41, 5.74) is 1.86. The fourth-order valence-corrected chi connectivity index (χ4v) is 4.12. The number of sulfonamides is 1. The zero-order valence-corrected chi connectivity index (χ0v) is 13.4. The van der Waals surface area contributed by atoms with Gasteiger partial charge in [0, 0.05) is 32.2 Å². The SMILES string of the molecule is Cc1ccc(S(=O)(=O)N(C)C2CCOCC2)cc1CCl. The second kappa shape index (κ2) is 6.43. The third kappa shape index (κ3) is 3.17. The Balaban J connectivity index is 2.29. The molecule has 2 rings (SSSR count). The van der Waals surface area contributed by atoms with E-state index in [2.05, 4.69) is 0 Å². The van der Waals surface area contributed by atoms with E-state index in [1.54, 1.807) is 19.2 Å². The lowest BCUT2D eigenvalue weighted by molar-refractivity contribution is 0.0632. The molecule has 20 heavy (non-hydrogen) atoms. The number of alkyl halides is 1. The number of halogens is 1. The molecular formula is C14H20ClNO3S. The van der Waals surface area contributed by atoms with Crippen molar-refractivity contribution in [3.8, 4) is 0 Å². The molecule has 0 N–H and O–H groups in total. The van der Waals surface area contributed by atoms with Gasteiger partial charge in [0.1, 0.15) is 0 Å². The van der Waals surface area contributed by atoms with E-state index >= 15 is 0 Å². The minimum atomic E-state index is -3.47. The van der Waals surface area contributed by atoms with E-state index in [1.807, 2.05) is 13.0 Å². The summed E-state index contributed by atoms with van der Waals surface area (Å²) in [6.07, 6.45) is 1.48. The van der Waals surface area contributed by atoms with E-state index < -0.39 is 10.0 Å². The van der Waals surface area contributed by atoms with Gasteiger partial charge in [-0.15, -0.1) is 11.6 Å². The van der Waals surface area contributed by atoms with Gasteiger partial charge in [0.05, 0.1) is 4.90 Å². The predicted molar refractivity (Wildman–Crippen MR) is 79.5 cm³/mol. The first-order chi connectivity index (χ1) is 9.46. The lowest BCUT2D eigenvalue weighted by atomic mass is 10.1. The van der Waals surface area contributed by atoms with Crippen molar-refractivity contribution in [2.24, 2.45) is 0 Å². The fourth-order valence-electron chi connectivity index (χ4n) is 2.36. The van der Waals surface area contributed by atoms with Crippen LogP contribution in [0.4, 0.5) is 0 Å². The third-order valence-electron chi connectivity index (χ3n) is 3.85. The van der Waals surface area contributed by atoms with E-state index in [0.29, 0.717) is 24.0 Å². The van der Waals surface area contributed by atoms with E-state index in [-0.39, 0.29) is 6.04 Å². The Hall–Kier alpha value is -0.620. The highest BCUT2D eigenvalue weighted by Crippen LogP contribution is 2.24. The summed E-state index contributed by atoms with van der Waals surface area (Å²) in [6.45, 7) is 3.16. The van der Waals surface area contributed by atoms with Crippen LogP contribution < -0.4 is 0 Å². The highest BCUT2D eigenvalue weighted by atomic mass is 35.5. The van der Waals surface area contributed by atoms with E-state index in [0.717, 1.165) is 24.0 Å². The summed E-state index contributed by atoms with van der Waals surface area (Å²) in [5.74, 6) is 0.316. The molecule has 0 unspecified atom stereocenters. The molecule has 0 saturated carbocycles. The Morgan fingerprint density at radius 2 is 2.00 bits per heavy atom. The second-order valence-corrected chi connectivity index (χ2v) is 7.35. The first-order valence-electron chi connectivity index (χ1n) is 6.68. The van der Waals surface area contributed by atoms with Gasteiger partial charge >= 0.3 is 0 Å². The van der Waals surface area contributed by atoms with Gasteiger partial charge in [-0.05, 0) is 43.0 Å². The quantitative estimate of drug-likeness (QED) is 0.802. The number of nitrogens with zero attached hydrogens (tertiary/aromatic N) is 1. The molecule has 1 aliphatic rings. The molecule has 0 aromatic heterocycles. The number of rotatable bonds is 4. The van der Waals surface area contributed by atoms with Crippen molar-refractivity contribution in [3.63, 3.8) is 0 Å². The number of hydrogen-bond donors (Lipinski definition) is 0. The topological polar surface area (TPSA) is 46.6 Å². The number of hydrogen-bond acceptors (Lipinski definition) is 3. The Kier molecular flexibility index (Phi) is 5.07. The molecular weight excluding hydrogens is 298 g/mol. The Labute approximate surface area is 125 Å². The van der Waals surface area contributed by atoms with Crippen LogP contribution in [0.15, 0.2) is 23.1 Å². The van der Waals surface area contributed by atoms with Crippen molar-refractivity contribution < 1.29 is 13.2 Å². The molecule has 0 spiro atoms. The van der Waals surface area contributed by atoms with E-state index in [4.69, 9.17) is 16.3 Å². The first-order valence-corrected chi connectivity index (χ1v) is 8.65. The van der Waals surface area contributed by atoms with Crippen molar-refractivity contribution >= 4 is 21.6 Å². The van der Waals surface area contributed by atoms with Gasteiger partial charge in [-0.2, -0.15) is 4.31 Å². The van der Waals surface area contributed by atoms with Crippen LogP contribution >= 0.6 is 11.6 Å². The van der Waals surface area contributed by atoms with Gasteiger partial charge < -0.3 is 4.74 Å². The predicted octanol–water partition coefficient (Wildman–Crippen LogP) is 2.53. The molecule has 1 saturated heterocycles. The zero-order chi connectivity index (χ0) is 14.8. The van der Waals surface area contributed by atoms with Crippen molar-refractivity contribution in [2.45, 2.75) is 36.6 Å². The standard InChI is InChI=1S/C14H20ClNO3S/c1-11-3-4-14(9-12(11)10-15)20(17,18)16(2)13-5-7-19-8-6-13/h3-4,9,13H,5-8,10H2,1-2H3. The lowest BCUT2D eigenvalue weighted by Crippen LogP contribution is -2.40. The van der Waals surface area contributed by atoms with Crippen molar-refractivity contribution in [3.05, 3.63) is 29.3 Å². The Morgan fingerprint density at radius 3 is 2.60 bits per heavy atom. The van der Waals surface area contributed by atoms with Crippen LogP contribution in [0.25, 0.3) is 0 Å². The van der Waals surface area contributed by atoms with Gasteiger partial charge in [-0.25, -0.2) is 8.42 Å². The van der Waals surface area contributed by atoms with Crippen LogP contribution in [-0.4, -0.2) is 39.0 Å². The van der Waals surface area contributed by atoms with Crippen LogP contribution in [0.2, 0.25) is 0 Å². The monoisotopic (exact) mass is 317 g/mol. The smallest absolute Gasteiger partial charge is 0.243 e. The molecule has 1 aromatic rings. The summed E-state index contributed by atoms with van der Waals surface area (Å²) >= 11 is 5.86. The van der Waals surface area contributed by atoms with Gasteiger partial charge in [-0.3, -0.25) is 0 Å². The second-order valence-electron chi connectivity index (χ2n) is 5.09. The normalized spacial score (nSPS) is 17.6. The van der Waals surface area contributed by atoms with Crippen molar-refractivity contribution in [2.75, 3.05) is 20.3 Å². The number of aryl methyl sites for hydroxylation is 1. The molecule has 0 amide bonds. The third-order valence-corrected chi connectivity index (χ3v) is 6.04. The van der Waals surface area contributed by atoms with Crippen molar-refractivity contribution in [1.82, 2.24) is 4.31 Å². The maximum Gasteiger partial charge on any atom is 0.243 e. The summed E-state index contributed by atoms with van der Waals surface area (Å²) in [5, 5.41) is 0. The average molecular weight is 318 g/mol. The molecule has 0 atom stereocenters. The average Bonchev–Trinajstić information content (AvgIpc) is 2.47. The van der Waals surface area contributed by atoms with Crippen LogP contribution in [0.5, 0.6) is 0 Å². The minimum absolute atomic E-state index is 0.00880. The Bertz CT molecular complexity index is 568. The van der Waals surface area contributed by atoms with Crippen LogP contribution in [0.1, 0.15) is 24.0 Å².